The molecule has 0 saturated carbocycles. The highest BCUT2D eigenvalue weighted by molar-refractivity contribution is 6.36. The molecule has 0 spiro atoms. The third-order valence-electron chi connectivity index (χ3n) is 2.97. The quantitative estimate of drug-likeness (QED) is 0.217. The normalized spacial score (nSPS) is 14.6. The number of carboxylic acids is 1. The van der Waals surface area contributed by atoms with Crippen LogP contribution in [0.25, 0.3) is 5.57 Å². The first-order chi connectivity index (χ1) is 10.8. The molecule has 2 unspecified atom stereocenters. The van der Waals surface area contributed by atoms with Crippen LogP contribution in [0.2, 0.25) is 0 Å². The molecule has 0 amide bonds. The van der Waals surface area contributed by atoms with E-state index in [0.717, 1.165) is 0 Å². The molecule has 1 aromatic carbocycles. The van der Waals surface area contributed by atoms with Crippen LogP contribution in [0.3, 0.4) is 0 Å². The van der Waals surface area contributed by atoms with Crippen molar-refractivity contribution in [1.29, 1.82) is 0 Å². The summed E-state index contributed by atoms with van der Waals surface area (Å²) in [6.45, 7) is -2.01. The fourth-order valence-electron chi connectivity index (χ4n) is 1.85. The molecule has 0 aliphatic carbocycles. The SMILES string of the molecule is O=C(O)C(C(=O)C(O)CO)=C(C(=O)C(O)CO)c1ccccc1. The van der Waals surface area contributed by atoms with Crippen molar-refractivity contribution in [1.82, 2.24) is 0 Å². The molecule has 1 rings (SSSR count). The van der Waals surface area contributed by atoms with Gasteiger partial charge in [0, 0.05) is 5.57 Å². The van der Waals surface area contributed by atoms with E-state index < -0.39 is 54.1 Å². The molecule has 2 atom stereocenters. The van der Waals surface area contributed by atoms with E-state index in [-0.39, 0.29) is 5.56 Å². The lowest BCUT2D eigenvalue weighted by Gasteiger charge is -2.15. The van der Waals surface area contributed by atoms with Gasteiger partial charge in [0.1, 0.15) is 17.8 Å². The maximum absolute atomic E-state index is 12.2. The monoisotopic (exact) mass is 324 g/mol. The first-order valence-electron chi connectivity index (χ1n) is 6.54. The Labute approximate surface area is 130 Å². The molecule has 8 nitrogen and oxygen atoms in total. The van der Waals surface area contributed by atoms with E-state index in [1.807, 2.05) is 0 Å². The van der Waals surface area contributed by atoms with Crippen molar-refractivity contribution in [3.63, 3.8) is 0 Å². The number of carbonyl (C=O) groups is 3. The largest absolute Gasteiger partial charge is 0.478 e. The van der Waals surface area contributed by atoms with Crippen LogP contribution in [0.15, 0.2) is 35.9 Å². The number of benzene rings is 1. The molecule has 23 heavy (non-hydrogen) atoms. The van der Waals surface area contributed by atoms with Gasteiger partial charge in [-0.2, -0.15) is 0 Å². The van der Waals surface area contributed by atoms with E-state index >= 15 is 0 Å². The van der Waals surface area contributed by atoms with E-state index in [0.29, 0.717) is 0 Å². The van der Waals surface area contributed by atoms with Crippen LogP contribution in [0.5, 0.6) is 0 Å². The van der Waals surface area contributed by atoms with Crippen LogP contribution >= 0.6 is 0 Å². The molecule has 0 saturated heterocycles. The number of hydrogen-bond acceptors (Lipinski definition) is 7. The molecule has 0 aromatic heterocycles. The number of carboxylic acid groups (broad SMARTS) is 1. The summed E-state index contributed by atoms with van der Waals surface area (Å²) in [5, 5.41) is 45.9. The van der Waals surface area contributed by atoms with Crippen molar-refractivity contribution >= 4 is 23.1 Å². The molecule has 0 aliphatic heterocycles. The van der Waals surface area contributed by atoms with Gasteiger partial charge in [0.15, 0.2) is 5.78 Å². The smallest absolute Gasteiger partial charge is 0.340 e. The van der Waals surface area contributed by atoms with Crippen molar-refractivity contribution in [3.05, 3.63) is 41.5 Å². The van der Waals surface area contributed by atoms with Crippen LogP contribution in [-0.4, -0.2) is 68.5 Å². The Morgan fingerprint density at radius 2 is 1.35 bits per heavy atom. The molecule has 0 heterocycles. The van der Waals surface area contributed by atoms with Crippen LogP contribution in [0.4, 0.5) is 0 Å². The van der Waals surface area contributed by atoms with Gasteiger partial charge in [-0.15, -0.1) is 0 Å². The van der Waals surface area contributed by atoms with E-state index in [9.17, 15) is 29.7 Å². The maximum Gasteiger partial charge on any atom is 0.340 e. The van der Waals surface area contributed by atoms with E-state index in [4.69, 9.17) is 10.2 Å². The Morgan fingerprint density at radius 3 is 1.78 bits per heavy atom. The Hall–Kier alpha value is -2.39. The zero-order valence-corrected chi connectivity index (χ0v) is 11.9. The first-order valence-corrected chi connectivity index (χ1v) is 6.54. The topological polar surface area (TPSA) is 152 Å². The number of carbonyl (C=O) groups excluding carboxylic acids is 2. The molecule has 0 bridgehead atoms. The van der Waals surface area contributed by atoms with Gasteiger partial charge in [0.25, 0.3) is 0 Å². The zero-order valence-electron chi connectivity index (χ0n) is 11.9. The molecular formula is C15H16O8. The van der Waals surface area contributed by atoms with Gasteiger partial charge < -0.3 is 25.5 Å². The second-order valence-electron chi connectivity index (χ2n) is 4.55. The van der Waals surface area contributed by atoms with E-state index in [1.165, 1.54) is 24.3 Å². The summed E-state index contributed by atoms with van der Waals surface area (Å²) in [7, 11) is 0. The van der Waals surface area contributed by atoms with Gasteiger partial charge in [-0.1, -0.05) is 30.3 Å². The molecule has 124 valence electrons. The highest BCUT2D eigenvalue weighted by atomic mass is 16.4. The van der Waals surface area contributed by atoms with Gasteiger partial charge in [-0.3, -0.25) is 9.59 Å². The van der Waals surface area contributed by atoms with Crippen molar-refractivity contribution < 1.29 is 39.9 Å². The zero-order chi connectivity index (χ0) is 17.6. The third-order valence-corrected chi connectivity index (χ3v) is 2.97. The minimum absolute atomic E-state index is 0.0147. The van der Waals surface area contributed by atoms with Gasteiger partial charge in [0.2, 0.25) is 5.78 Å². The lowest BCUT2D eigenvalue weighted by Crippen LogP contribution is -2.33. The van der Waals surface area contributed by atoms with Gasteiger partial charge >= 0.3 is 5.97 Å². The summed E-state index contributed by atoms with van der Waals surface area (Å²) in [5.74, 6) is -4.37. The Balaban J connectivity index is 3.65. The predicted octanol–water partition coefficient (Wildman–Crippen LogP) is -1.63. The Bertz CT molecular complexity index is 620. The fraction of sp³-hybridized carbons (Fsp3) is 0.267. The van der Waals surface area contributed by atoms with Crippen molar-refractivity contribution in [2.24, 2.45) is 0 Å². The Kier molecular flexibility index (Phi) is 6.73. The average molecular weight is 324 g/mol. The number of hydrogen-bond donors (Lipinski definition) is 5. The highest BCUT2D eigenvalue weighted by Crippen LogP contribution is 2.23. The molecule has 0 aliphatic rings. The fourth-order valence-corrected chi connectivity index (χ4v) is 1.85. The molecule has 8 heteroatoms. The molecule has 0 fully saturated rings. The van der Waals surface area contributed by atoms with Crippen molar-refractivity contribution in [3.8, 4) is 0 Å². The molecule has 1 aromatic rings. The molecular weight excluding hydrogens is 308 g/mol. The van der Waals surface area contributed by atoms with E-state index in [1.54, 1.807) is 6.07 Å². The number of aliphatic hydroxyl groups excluding tert-OH is 4. The maximum atomic E-state index is 12.2. The Morgan fingerprint density at radius 1 is 0.870 bits per heavy atom. The van der Waals surface area contributed by atoms with Crippen LogP contribution < -0.4 is 0 Å². The number of ketones is 2. The minimum atomic E-state index is -2.03. The van der Waals surface area contributed by atoms with Crippen LogP contribution in [0, 0.1) is 0 Å². The number of aliphatic carboxylic acids is 1. The first kappa shape index (κ1) is 18.7. The third kappa shape index (κ3) is 4.30. The lowest BCUT2D eigenvalue weighted by molar-refractivity contribution is -0.137. The van der Waals surface area contributed by atoms with E-state index in [2.05, 4.69) is 0 Å². The lowest BCUT2D eigenvalue weighted by atomic mass is 9.90. The standard InChI is InChI=1S/C15H16O8/c16-6-9(18)13(20)11(8-4-2-1-3-5-8)12(15(22)23)14(21)10(19)7-17/h1-5,9-10,16-19H,6-7H2,(H,22,23). The average Bonchev–Trinajstić information content (AvgIpc) is 2.57. The number of Topliss-reactive ketones (excluding diaryl/α,β-unsaturated/α-hetero) is 2. The summed E-state index contributed by atoms with van der Waals surface area (Å²) in [4.78, 5) is 35.6. The summed E-state index contributed by atoms with van der Waals surface area (Å²) >= 11 is 0. The van der Waals surface area contributed by atoms with Crippen molar-refractivity contribution in [2.45, 2.75) is 12.2 Å². The van der Waals surface area contributed by atoms with Gasteiger partial charge in [-0.05, 0) is 5.56 Å². The highest BCUT2D eigenvalue weighted by Gasteiger charge is 2.33. The summed E-state index contributed by atoms with van der Waals surface area (Å²) in [6.07, 6.45) is -3.96. The van der Waals surface area contributed by atoms with Crippen LogP contribution in [0.1, 0.15) is 5.56 Å². The van der Waals surface area contributed by atoms with Gasteiger partial charge in [-0.25, -0.2) is 4.79 Å². The predicted molar refractivity (Wildman–Crippen MR) is 77.2 cm³/mol. The molecule has 0 radical (unpaired) electrons. The van der Waals surface area contributed by atoms with Crippen molar-refractivity contribution in [2.75, 3.05) is 13.2 Å². The minimum Gasteiger partial charge on any atom is -0.478 e. The van der Waals surface area contributed by atoms with Crippen LogP contribution in [-0.2, 0) is 14.4 Å². The second-order valence-corrected chi connectivity index (χ2v) is 4.55. The molecule has 5 N–H and O–H groups in total. The second kappa shape index (κ2) is 8.30. The summed E-state index contributed by atoms with van der Waals surface area (Å²) in [5.41, 5.74) is -1.71. The number of aliphatic hydroxyl groups is 4. The van der Waals surface area contributed by atoms with Gasteiger partial charge in [0.05, 0.1) is 13.2 Å². The summed E-state index contributed by atoms with van der Waals surface area (Å²) < 4.78 is 0. The number of rotatable bonds is 8. The summed E-state index contributed by atoms with van der Waals surface area (Å²) in [6, 6.07) is 7.19.